The Morgan fingerprint density at radius 3 is 2.56 bits per heavy atom. The minimum absolute atomic E-state index is 0.297. The van der Waals surface area contributed by atoms with Crippen LogP contribution in [0.3, 0.4) is 0 Å². The van der Waals surface area contributed by atoms with Gasteiger partial charge >= 0.3 is 5.97 Å². The molecule has 32 heavy (non-hydrogen) atoms. The second kappa shape index (κ2) is 11.5. The van der Waals surface area contributed by atoms with E-state index in [9.17, 15) is 9.59 Å². The molecule has 0 aliphatic carbocycles. The maximum atomic E-state index is 12.6. The molecule has 3 aromatic rings. The summed E-state index contributed by atoms with van der Waals surface area (Å²) in [5.74, 6) is 0.0511. The highest BCUT2D eigenvalue weighted by molar-refractivity contribution is 9.10. The number of amides is 1. The number of rotatable bonds is 8. The monoisotopic (exact) mass is 514 g/mol. The fourth-order valence-electron chi connectivity index (χ4n) is 2.63. The molecule has 0 aliphatic rings. The van der Waals surface area contributed by atoms with Crippen LogP contribution < -0.4 is 14.9 Å². The van der Waals surface area contributed by atoms with Crippen molar-refractivity contribution in [1.29, 1.82) is 0 Å². The van der Waals surface area contributed by atoms with E-state index in [1.807, 2.05) is 6.92 Å². The second-order valence-corrected chi connectivity index (χ2v) is 8.01. The summed E-state index contributed by atoms with van der Waals surface area (Å²) >= 11 is 9.29. The zero-order chi connectivity index (χ0) is 22.9. The van der Waals surface area contributed by atoms with Crippen LogP contribution in [0.15, 0.2) is 76.3 Å². The minimum Gasteiger partial charge on any atom is -0.494 e. The van der Waals surface area contributed by atoms with Crippen LogP contribution in [0.4, 0.5) is 0 Å². The van der Waals surface area contributed by atoms with Gasteiger partial charge in [-0.3, -0.25) is 4.79 Å². The normalized spacial score (nSPS) is 10.7. The van der Waals surface area contributed by atoms with Crippen LogP contribution >= 0.6 is 27.5 Å². The van der Waals surface area contributed by atoms with E-state index in [0.29, 0.717) is 39.8 Å². The fourth-order valence-corrected chi connectivity index (χ4v) is 3.20. The number of nitrogens with zero attached hydrogens (tertiary/aromatic N) is 1. The Hall–Kier alpha value is -3.16. The lowest BCUT2D eigenvalue weighted by Crippen LogP contribution is -2.17. The first-order valence-electron chi connectivity index (χ1n) is 9.80. The van der Waals surface area contributed by atoms with Gasteiger partial charge in [0.15, 0.2) is 0 Å². The topological polar surface area (TPSA) is 77.0 Å². The van der Waals surface area contributed by atoms with E-state index in [-0.39, 0.29) is 0 Å². The first kappa shape index (κ1) is 23.5. The third kappa shape index (κ3) is 6.67. The Labute approximate surface area is 199 Å². The van der Waals surface area contributed by atoms with Crippen molar-refractivity contribution < 1.29 is 19.1 Å². The van der Waals surface area contributed by atoms with E-state index in [1.54, 1.807) is 60.7 Å². The van der Waals surface area contributed by atoms with Gasteiger partial charge in [-0.2, -0.15) is 5.10 Å². The SMILES string of the molecule is CCCOc1ccc(C(=O)Oc2ccc(Br)cc2/C=N\NC(=O)c2cccc(Cl)c2)cc1. The van der Waals surface area contributed by atoms with Crippen LogP contribution in [0.1, 0.15) is 39.6 Å². The highest BCUT2D eigenvalue weighted by Crippen LogP contribution is 2.23. The smallest absolute Gasteiger partial charge is 0.343 e. The lowest BCUT2D eigenvalue weighted by molar-refractivity contribution is 0.0734. The molecule has 0 saturated heterocycles. The van der Waals surface area contributed by atoms with Crippen LogP contribution in [0.5, 0.6) is 11.5 Å². The van der Waals surface area contributed by atoms with Gasteiger partial charge in [0.25, 0.3) is 5.91 Å². The molecule has 1 N–H and O–H groups in total. The van der Waals surface area contributed by atoms with Gasteiger partial charge in [-0.25, -0.2) is 10.2 Å². The van der Waals surface area contributed by atoms with E-state index >= 15 is 0 Å². The molecular weight excluding hydrogens is 496 g/mol. The van der Waals surface area contributed by atoms with Gasteiger partial charge in [0.05, 0.1) is 18.4 Å². The third-order valence-corrected chi connectivity index (χ3v) is 4.92. The lowest BCUT2D eigenvalue weighted by Gasteiger charge is -2.09. The summed E-state index contributed by atoms with van der Waals surface area (Å²) in [5.41, 5.74) is 3.69. The summed E-state index contributed by atoms with van der Waals surface area (Å²) in [4.78, 5) is 24.8. The number of benzene rings is 3. The van der Waals surface area contributed by atoms with E-state index in [0.717, 1.165) is 10.9 Å². The van der Waals surface area contributed by atoms with Crippen molar-refractivity contribution >= 4 is 45.6 Å². The van der Waals surface area contributed by atoms with Crippen molar-refractivity contribution in [2.75, 3.05) is 6.61 Å². The maximum Gasteiger partial charge on any atom is 0.343 e. The zero-order valence-corrected chi connectivity index (χ0v) is 19.5. The molecule has 6 nitrogen and oxygen atoms in total. The van der Waals surface area contributed by atoms with Gasteiger partial charge in [-0.1, -0.05) is 40.5 Å². The minimum atomic E-state index is -0.521. The molecule has 3 rings (SSSR count). The van der Waals surface area contributed by atoms with Crippen molar-refractivity contribution in [3.8, 4) is 11.5 Å². The van der Waals surface area contributed by atoms with E-state index < -0.39 is 11.9 Å². The molecule has 0 fully saturated rings. The molecule has 8 heteroatoms. The number of carbonyl (C=O) groups excluding carboxylic acids is 2. The van der Waals surface area contributed by atoms with Gasteiger partial charge in [-0.05, 0) is 67.1 Å². The quantitative estimate of drug-likeness (QED) is 0.176. The maximum absolute atomic E-state index is 12.6. The van der Waals surface area contributed by atoms with Gasteiger partial charge in [0.1, 0.15) is 11.5 Å². The average Bonchev–Trinajstić information content (AvgIpc) is 2.79. The number of carbonyl (C=O) groups is 2. The molecule has 0 aliphatic heterocycles. The van der Waals surface area contributed by atoms with E-state index in [2.05, 4.69) is 26.5 Å². The summed E-state index contributed by atoms with van der Waals surface area (Å²) in [6, 6.07) is 18.4. The summed E-state index contributed by atoms with van der Waals surface area (Å²) < 4.78 is 11.8. The van der Waals surface area contributed by atoms with Crippen LogP contribution in [0.25, 0.3) is 0 Å². The van der Waals surface area contributed by atoms with Crippen molar-refractivity contribution in [2.45, 2.75) is 13.3 Å². The molecule has 164 valence electrons. The number of ether oxygens (including phenoxy) is 2. The number of esters is 1. The molecular formula is C24H20BrClN2O4. The van der Waals surface area contributed by atoms with Crippen LogP contribution in [-0.4, -0.2) is 24.7 Å². The Bertz CT molecular complexity index is 1130. The number of hydrazone groups is 1. The molecule has 0 saturated carbocycles. The number of nitrogens with one attached hydrogen (secondary N) is 1. The average molecular weight is 516 g/mol. The Kier molecular flexibility index (Phi) is 8.41. The van der Waals surface area contributed by atoms with Gasteiger partial charge in [0.2, 0.25) is 0 Å². The first-order valence-corrected chi connectivity index (χ1v) is 11.0. The highest BCUT2D eigenvalue weighted by atomic mass is 79.9. The molecule has 3 aromatic carbocycles. The largest absolute Gasteiger partial charge is 0.494 e. The number of hydrogen-bond acceptors (Lipinski definition) is 5. The fraction of sp³-hybridized carbons (Fsp3) is 0.125. The van der Waals surface area contributed by atoms with Crippen molar-refractivity contribution in [2.24, 2.45) is 5.10 Å². The molecule has 0 bridgehead atoms. The Morgan fingerprint density at radius 1 is 1.06 bits per heavy atom. The van der Waals surface area contributed by atoms with Gasteiger partial charge in [0, 0.05) is 20.6 Å². The molecule has 0 heterocycles. The summed E-state index contributed by atoms with van der Waals surface area (Å²) in [5, 5.41) is 4.42. The van der Waals surface area contributed by atoms with Gasteiger partial charge in [-0.15, -0.1) is 0 Å². The van der Waals surface area contributed by atoms with E-state index in [4.69, 9.17) is 21.1 Å². The predicted molar refractivity (Wildman–Crippen MR) is 128 cm³/mol. The lowest BCUT2D eigenvalue weighted by atomic mass is 10.2. The van der Waals surface area contributed by atoms with Crippen molar-refractivity contribution in [1.82, 2.24) is 5.43 Å². The summed E-state index contributed by atoms with van der Waals surface area (Å²) in [6.07, 6.45) is 2.30. The molecule has 1 amide bonds. The molecule has 0 spiro atoms. The molecule has 0 radical (unpaired) electrons. The molecule has 0 aromatic heterocycles. The van der Waals surface area contributed by atoms with Crippen molar-refractivity contribution in [3.63, 3.8) is 0 Å². The Morgan fingerprint density at radius 2 is 1.84 bits per heavy atom. The van der Waals surface area contributed by atoms with E-state index in [1.165, 1.54) is 12.3 Å². The zero-order valence-electron chi connectivity index (χ0n) is 17.2. The molecule has 0 atom stereocenters. The predicted octanol–water partition coefficient (Wildman–Crippen LogP) is 5.87. The third-order valence-electron chi connectivity index (χ3n) is 4.19. The van der Waals surface area contributed by atoms with Crippen LogP contribution in [0.2, 0.25) is 5.02 Å². The van der Waals surface area contributed by atoms with Crippen LogP contribution in [0, 0.1) is 0 Å². The van der Waals surface area contributed by atoms with Crippen molar-refractivity contribution in [3.05, 3.63) is 92.9 Å². The Balaban J connectivity index is 1.69. The van der Waals surface area contributed by atoms with Gasteiger partial charge < -0.3 is 9.47 Å². The number of hydrogen-bond donors (Lipinski definition) is 1. The molecule has 0 unspecified atom stereocenters. The summed E-state index contributed by atoms with van der Waals surface area (Å²) in [6.45, 7) is 2.63. The summed E-state index contributed by atoms with van der Waals surface area (Å²) in [7, 11) is 0. The number of halogens is 2. The standard InChI is InChI=1S/C24H20BrClN2O4/c1-2-12-31-21-9-6-16(7-10-21)24(30)32-22-11-8-19(25)13-18(22)15-27-28-23(29)17-4-3-5-20(26)14-17/h3-11,13-15H,2,12H2,1H3,(H,28,29)/b27-15-. The second-order valence-electron chi connectivity index (χ2n) is 6.65. The highest BCUT2D eigenvalue weighted by Gasteiger charge is 2.12. The van der Waals surface area contributed by atoms with Crippen LogP contribution in [-0.2, 0) is 0 Å². The first-order chi connectivity index (χ1) is 15.5.